The van der Waals surface area contributed by atoms with Crippen LogP contribution in [0, 0.1) is 30.4 Å². The molecular weight excluding hydrogens is 664 g/mol. The zero-order valence-electron chi connectivity index (χ0n) is 15.2. The van der Waals surface area contributed by atoms with Gasteiger partial charge in [-0.3, -0.25) is 0 Å². The van der Waals surface area contributed by atoms with Crippen LogP contribution in [0.15, 0.2) is 12.1 Å². The zero-order valence-corrected chi connectivity index (χ0v) is 19.5. The van der Waals surface area contributed by atoms with Gasteiger partial charge in [0.2, 0.25) is 0 Å². The van der Waals surface area contributed by atoms with Crippen molar-refractivity contribution < 1.29 is 50.5 Å². The Hall–Kier alpha value is -1.78. The summed E-state index contributed by atoms with van der Waals surface area (Å²) < 4.78 is 91.2. The van der Waals surface area contributed by atoms with Gasteiger partial charge in [-0.15, -0.1) is 0 Å². The number of hydrogen-bond donors (Lipinski definition) is 1. The molecule has 168 valence electrons. The number of aromatic hydroxyl groups is 1. The third-order valence-electron chi connectivity index (χ3n) is 3.60. The molecule has 0 saturated heterocycles. The highest BCUT2D eigenvalue weighted by atomic mass is 127. The van der Waals surface area contributed by atoms with Crippen molar-refractivity contribution in [3.8, 4) is 5.75 Å². The van der Waals surface area contributed by atoms with E-state index < -0.39 is 65.5 Å². The van der Waals surface area contributed by atoms with E-state index in [1.54, 1.807) is 28.7 Å². The molecule has 31 heavy (non-hydrogen) atoms. The Morgan fingerprint density at radius 1 is 0.935 bits per heavy atom. The lowest BCUT2D eigenvalue weighted by Gasteiger charge is -2.15. The average Bonchev–Trinajstić information content (AvgIpc) is 2.67. The van der Waals surface area contributed by atoms with Gasteiger partial charge in [-0.2, -0.15) is 0 Å². The fraction of sp³-hybridized carbons (Fsp3) is 0.222. The number of ether oxygens (including phenoxy) is 2. The molecule has 0 aliphatic rings. The quantitative estimate of drug-likeness (QED) is 0.148. The summed E-state index contributed by atoms with van der Waals surface area (Å²) in [6.45, 7) is -1.99. The Balaban J connectivity index is 2.44. The predicted octanol–water partition coefficient (Wildman–Crippen LogP) is 5.33. The van der Waals surface area contributed by atoms with Gasteiger partial charge in [0.25, 0.3) is 5.92 Å². The van der Waals surface area contributed by atoms with Gasteiger partial charge in [0.1, 0.15) is 23.5 Å². The molecule has 0 aromatic heterocycles. The first kappa shape index (κ1) is 25.5. The molecule has 2 aromatic carbocycles. The first-order valence-electron chi connectivity index (χ1n) is 7.99. The van der Waals surface area contributed by atoms with Crippen LogP contribution in [0.1, 0.15) is 33.2 Å². The van der Waals surface area contributed by atoms with E-state index in [0.717, 1.165) is 0 Å². The molecule has 0 aliphatic carbocycles. The summed E-state index contributed by atoms with van der Waals surface area (Å²) in [6.07, 6.45) is 0. The number of halogens is 8. The van der Waals surface area contributed by atoms with Crippen molar-refractivity contribution in [2.75, 3.05) is 6.61 Å². The highest BCUT2D eigenvalue weighted by Crippen LogP contribution is 2.30. The van der Waals surface area contributed by atoms with Gasteiger partial charge in [-0.05, 0) is 57.3 Å². The molecule has 0 atom stereocenters. The zero-order chi connectivity index (χ0) is 23.7. The van der Waals surface area contributed by atoms with Crippen molar-refractivity contribution in [2.45, 2.75) is 19.5 Å². The molecule has 0 amide bonds. The minimum Gasteiger partial charge on any atom is -0.506 e. The molecule has 0 fully saturated rings. The van der Waals surface area contributed by atoms with E-state index in [1.165, 1.54) is 6.07 Å². The van der Waals surface area contributed by atoms with Crippen LogP contribution in [-0.2, 0) is 16.1 Å². The summed E-state index contributed by atoms with van der Waals surface area (Å²) in [5.74, 6) is -17.2. The number of phenols is 1. The van der Waals surface area contributed by atoms with Crippen LogP contribution in [0.25, 0.3) is 0 Å². The van der Waals surface area contributed by atoms with Crippen LogP contribution in [0.5, 0.6) is 5.75 Å². The largest absolute Gasteiger partial charge is 0.506 e. The third-order valence-corrected chi connectivity index (χ3v) is 5.04. The highest BCUT2D eigenvalue weighted by molar-refractivity contribution is 14.1. The summed E-state index contributed by atoms with van der Waals surface area (Å²) in [6, 6.07) is 2.95. The van der Waals surface area contributed by atoms with Gasteiger partial charge < -0.3 is 14.6 Å². The maximum Gasteiger partial charge on any atom is 0.342 e. The van der Waals surface area contributed by atoms with Crippen molar-refractivity contribution in [1.82, 2.24) is 0 Å². The number of phenolic OH excluding ortho intramolecular Hbond substituents is 1. The monoisotopic (exact) mass is 674 g/mol. The van der Waals surface area contributed by atoms with E-state index in [9.17, 15) is 41.0 Å². The van der Waals surface area contributed by atoms with Gasteiger partial charge >= 0.3 is 11.9 Å². The normalized spacial score (nSPS) is 11.4. The summed E-state index contributed by atoms with van der Waals surface area (Å²) in [5, 5.41) is 9.98. The van der Waals surface area contributed by atoms with E-state index in [1.807, 2.05) is 22.6 Å². The number of benzene rings is 2. The molecule has 0 unspecified atom stereocenters. The predicted molar refractivity (Wildman–Crippen MR) is 110 cm³/mol. The summed E-state index contributed by atoms with van der Waals surface area (Å²) in [7, 11) is 0. The number of rotatable bonds is 6. The van der Waals surface area contributed by atoms with E-state index in [4.69, 9.17) is 4.74 Å². The first-order valence-corrected chi connectivity index (χ1v) is 10.1. The standard InChI is InChI=1S/C18H10F6I2O5/c1-18(23,24)5-31-17(29)10-9(11(19)13(21)14(22)12(10)20)16(28)30-4-6-2-7(25)3-8(26)15(6)27/h2-3,27H,4-5H2,1H3. The maximum atomic E-state index is 14.2. The molecular formula is C18H10F6I2O5. The molecule has 0 saturated carbocycles. The first-order chi connectivity index (χ1) is 14.2. The molecule has 0 radical (unpaired) electrons. The molecule has 2 aromatic rings. The Morgan fingerprint density at radius 2 is 1.42 bits per heavy atom. The average molecular weight is 674 g/mol. The van der Waals surface area contributed by atoms with E-state index in [0.29, 0.717) is 14.1 Å². The smallest absolute Gasteiger partial charge is 0.342 e. The van der Waals surface area contributed by atoms with Gasteiger partial charge in [0.05, 0.1) is 3.57 Å². The fourth-order valence-electron chi connectivity index (χ4n) is 2.22. The second-order valence-electron chi connectivity index (χ2n) is 6.12. The number of carbonyl (C=O) groups is 2. The van der Waals surface area contributed by atoms with Crippen LogP contribution in [0.2, 0.25) is 0 Å². The molecule has 13 heteroatoms. The number of esters is 2. The van der Waals surface area contributed by atoms with Crippen LogP contribution < -0.4 is 0 Å². The second kappa shape index (κ2) is 9.79. The number of carbonyl (C=O) groups excluding carboxylic acids is 2. The molecule has 1 N–H and O–H groups in total. The van der Waals surface area contributed by atoms with E-state index in [-0.39, 0.29) is 11.3 Å². The van der Waals surface area contributed by atoms with E-state index >= 15 is 0 Å². The van der Waals surface area contributed by atoms with Crippen LogP contribution >= 0.6 is 45.2 Å². The Bertz CT molecular complexity index is 1060. The lowest BCUT2D eigenvalue weighted by molar-refractivity contribution is -0.0470. The molecule has 2 rings (SSSR count). The minimum atomic E-state index is -3.58. The molecule has 0 bridgehead atoms. The summed E-state index contributed by atoms with van der Waals surface area (Å²) in [4.78, 5) is 24.3. The minimum absolute atomic E-state index is 0.0304. The second-order valence-corrected chi connectivity index (χ2v) is 8.53. The molecule has 0 aliphatic heterocycles. The summed E-state index contributed by atoms with van der Waals surface area (Å²) in [5.41, 5.74) is -3.39. The maximum absolute atomic E-state index is 14.2. The van der Waals surface area contributed by atoms with Crippen molar-refractivity contribution in [2.24, 2.45) is 0 Å². The van der Waals surface area contributed by atoms with Crippen molar-refractivity contribution in [3.05, 3.63) is 59.2 Å². The van der Waals surface area contributed by atoms with Crippen LogP contribution in [-0.4, -0.2) is 29.6 Å². The van der Waals surface area contributed by atoms with Crippen molar-refractivity contribution in [1.29, 1.82) is 0 Å². The van der Waals surface area contributed by atoms with Crippen molar-refractivity contribution in [3.63, 3.8) is 0 Å². The van der Waals surface area contributed by atoms with E-state index in [2.05, 4.69) is 4.74 Å². The molecule has 0 heterocycles. The number of hydrogen-bond acceptors (Lipinski definition) is 5. The van der Waals surface area contributed by atoms with Crippen molar-refractivity contribution >= 4 is 57.1 Å². The lowest BCUT2D eigenvalue weighted by Crippen LogP contribution is -2.25. The third kappa shape index (κ3) is 5.93. The van der Waals surface area contributed by atoms with Gasteiger partial charge in [0.15, 0.2) is 29.9 Å². The topological polar surface area (TPSA) is 72.8 Å². The van der Waals surface area contributed by atoms with Crippen LogP contribution in [0.3, 0.4) is 0 Å². The highest BCUT2D eigenvalue weighted by Gasteiger charge is 2.36. The SMILES string of the molecule is CC(F)(F)COC(=O)c1c(F)c(F)c(F)c(F)c1C(=O)OCc1cc(I)cc(I)c1O. The van der Waals surface area contributed by atoms with Gasteiger partial charge in [-0.1, -0.05) is 0 Å². The van der Waals surface area contributed by atoms with Crippen LogP contribution in [0.4, 0.5) is 26.3 Å². The fourth-order valence-corrected chi connectivity index (χ4v) is 4.19. The van der Waals surface area contributed by atoms with Gasteiger partial charge in [-0.25, -0.2) is 35.9 Å². The Labute approximate surface area is 198 Å². The molecule has 5 nitrogen and oxygen atoms in total. The summed E-state index contributed by atoms with van der Waals surface area (Å²) >= 11 is 3.66. The van der Waals surface area contributed by atoms with Gasteiger partial charge in [0, 0.05) is 16.1 Å². The Morgan fingerprint density at radius 3 is 1.90 bits per heavy atom. The Kier molecular flexibility index (Phi) is 8.04. The lowest BCUT2D eigenvalue weighted by atomic mass is 10.0. The number of alkyl halides is 2. The molecule has 0 spiro atoms.